The average molecular weight is 372 g/mol. The van der Waals surface area contributed by atoms with Crippen LogP contribution in [0.2, 0.25) is 0 Å². The molecule has 0 aliphatic heterocycles. The van der Waals surface area contributed by atoms with Gasteiger partial charge < -0.3 is 15.0 Å². The summed E-state index contributed by atoms with van der Waals surface area (Å²) in [5, 5.41) is 2.73. The van der Waals surface area contributed by atoms with E-state index in [9.17, 15) is 9.18 Å². The Morgan fingerprint density at radius 1 is 1.15 bits per heavy atom. The van der Waals surface area contributed by atoms with Crippen LogP contribution in [0.3, 0.4) is 0 Å². The van der Waals surface area contributed by atoms with Gasteiger partial charge in [-0.25, -0.2) is 9.18 Å². The maximum atomic E-state index is 13.6. The molecule has 3 rings (SSSR count). The number of halogens is 1. The van der Waals surface area contributed by atoms with Crippen LogP contribution >= 0.6 is 0 Å². The number of hydrogen-bond donors (Lipinski definition) is 1. The van der Waals surface area contributed by atoms with E-state index in [1.165, 1.54) is 29.9 Å². The number of ether oxygens (including phenoxy) is 1. The largest absolute Gasteiger partial charge is 0.453 e. The molecule has 5 heteroatoms. The van der Waals surface area contributed by atoms with E-state index in [-0.39, 0.29) is 11.7 Å². The number of nitrogens with zero attached hydrogens (tertiary/aromatic N) is 1. The van der Waals surface area contributed by atoms with Gasteiger partial charge in [0.25, 0.3) is 0 Å². The van der Waals surface area contributed by atoms with E-state index in [4.69, 9.17) is 0 Å². The van der Waals surface area contributed by atoms with E-state index in [0.29, 0.717) is 6.54 Å². The summed E-state index contributed by atoms with van der Waals surface area (Å²) in [6.45, 7) is 0.538. The smallest absolute Gasteiger partial charge is 0.406 e. The standard InChI is InChI=1S/C19H20FNO2.C3H9N/c1-23-19(22)21-9-8-15-11-16-12-17(20)7-6-13(16)10-14-4-2-3-5-18(14)15;1-4(2)3/h2-7,12,15H,8-11H2,1H3,(H,21,22);1-3H3. The van der Waals surface area contributed by atoms with Crippen LogP contribution in [0.15, 0.2) is 42.5 Å². The van der Waals surface area contributed by atoms with Crippen LogP contribution in [0.5, 0.6) is 0 Å². The first-order valence-corrected chi connectivity index (χ1v) is 9.18. The molecule has 1 aliphatic carbocycles. The van der Waals surface area contributed by atoms with Gasteiger partial charge in [-0.1, -0.05) is 30.3 Å². The van der Waals surface area contributed by atoms with Gasteiger partial charge in [0.15, 0.2) is 0 Å². The van der Waals surface area contributed by atoms with Crippen molar-refractivity contribution in [2.24, 2.45) is 0 Å². The van der Waals surface area contributed by atoms with Crippen LogP contribution in [0.25, 0.3) is 0 Å². The summed E-state index contributed by atoms with van der Waals surface area (Å²) in [5.41, 5.74) is 4.81. The molecule has 0 saturated carbocycles. The zero-order chi connectivity index (χ0) is 19.8. The van der Waals surface area contributed by atoms with Crippen molar-refractivity contribution in [3.8, 4) is 0 Å². The second-order valence-corrected chi connectivity index (χ2v) is 7.24. The van der Waals surface area contributed by atoms with Crippen LogP contribution in [-0.4, -0.2) is 45.8 Å². The fraction of sp³-hybridized carbons (Fsp3) is 0.409. The highest BCUT2D eigenvalue weighted by molar-refractivity contribution is 5.66. The summed E-state index contributed by atoms with van der Waals surface area (Å²) in [7, 11) is 7.36. The van der Waals surface area contributed by atoms with E-state index in [1.807, 2.05) is 44.2 Å². The van der Waals surface area contributed by atoms with Gasteiger partial charge in [0, 0.05) is 6.54 Å². The lowest BCUT2D eigenvalue weighted by atomic mass is 9.89. The van der Waals surface area contributed by atoms with Crippen LogP contribution in [0.4, 0.5) is 9.18 Å². The minimum Gasteiger partial charge on any atom is -0.453 e. The molecular formula is C22H29FN2O2. The summed E-state index contributed by atoms with van der Waals surface area (Å²) >= 11 is 0. The highest BCUT2D eigenvalue weighted by atomic mass is 19.1. The first-order chi connectivity index (χ1) is 12.9. The predicted octanol–water partition coefficient (Wildman–Crippen LogP) is 3.98. The molecule has 0 aromatic heterocycles. The zero-order valence-electron chi connectivity index (χ0n) is 16.6. The Bertz CT molecular complexity index is 759. The molecule has 2 aromatic rings. The number of alkyl carbamates (subject to hydrolysis) is 1. The van der Waals surface area contributed by atoms with Crippen molar-refractivity contribution in [3.63, 3.8) is 0 Å². The molecule has 146 valence electrons. The second kappa shape index (κ2) is 10.1. The fourth-order valence-corrected chi connectivity index (χ4v) is 3.31. The van der Waals surface area contributed by atoms with Gasteiger partial charge in [-0.15, -0.1) is 0 Å². The van der Waals surface area contributed by atoms with Gasteiger partial charge in [0.05, 0.1) is 7.11 Å². The number of carbonyl (C=O) groups excluding carboxylic acids is 1. The number of rotatable bonds is 3. The predicted molar refractivity (Wildman–Crippen MR) is 107 cm³/mol. The molecule has 0 saturated heterocycles. The van der Waals surface area contributed by atoms with Crippen molar-refractivity contribution in [1.29, 1.82) is 0 Å². The number of carbonyl (C=O) groups is 1. The molecule has 0 fully saturated rings. The Morgan fingerprint density at radius 2 is 1.85 bits per heavy atom. The van der Waals surface area contributed by atoms with Crippen LogP contribution in [0, 0.1) is 5.82 Å². The van der Waals surface area contributed by atoms with Gasteiger partial charge in [-0.05, 0) is 80.7 Å². The summed E-state index contributed by atoms with van der Waals surface area (Å²) < 4.78 is 18.2. The molecule has 1 aliphatic rings. The molecule has 1 unspecified atom stereocenters. The molecule has 0 bridgehead atoms. The second-order valence-electron chi connectivity index (χ2n) is 7.24. The third-order valence-electron chi connectivity index (χ3n) is 4.46. The van der Waals surface area contributed by atoms with Crippen molar-refractivity contribution in [2.75, 3.05) is 34.8 Å². The van der Waals surface area contributed by atoms with Crippen molar-refractivity contribution in [2.45, 2.75) is 25.2 Å². The number of amides is 1. The maximum absolute atomic E-state index is 13.6. The number of nitrogens with one attached hydrogen (secondary N) is 1. The van der Waals surface area contributed by atoms with Gasteiger partial charge in [-0.2, -0.15) is 0 Å². The summed E-state index contributed by atoms with van der Waals surface area (Å²) in [6, 6.07) is 13.4. The summed E-state index contributed by atoms with van der Waals surface area (Å²) in [5.74, 6) is 0.0625. The average Bonchev–Trinajstić information content (AvgIpc) is 2.77. The van der Waals surface area contributed by atoms with Crippen LogP contribution < -0.4 is 5.32 Å². The van der Waals surface area contributed by atoms with Crippen molar-refractivity contribution >= 4 is 6.09 Å². The summed E-state index contributed by atoms with van der Waals surface area (Å²) in [4.78, 5) is 13.2. The first-order valence-electron chi connectivity index (χ1n) is 9.18. The molecule has 27 heavy (non-hydrogen) atoms. The van der Waals surface area contributed by atoms with Crippen LogP contribution in [0.1, 0.15) is 34.6 Å². The molecule has 2 aromatic carbocycles. The van der Waals surface area contributed by atoms with E-state index in [1.54, 1.807) is 6.07 Å². The fourth-order valence-electron chi connectivity index (χ4n) is 3.31. The Kier molecular flexibility index (Phi) is 7.80. The zero-order valence-corrected chi connectivity index (χ0v) is 16.6. The highest BCUT2D eigenvalue weighted by Gasteiger charge is 2.22. The minimum atomic E-state index is -0.418. The quantitative estimate of drug-likeness (QED) is 0.886. The Labute approximate surface area is 161 Å². The van der Waals surface area contributed by atoms with Crippen LogP contribution in [-0.2, 0) is 17.6 Å². The third kappa shape index (κ3) is 6.36. The molecular weight excluding hydrogens is 343 g/mol. The molecule has 0 radical (unpaired) electrons. The Morgan fingerprint density at radius 3 is 2.56 bits per heavy atom. The Hall–Kier alpha value is -2.40. The summed E-state index contributed by atoms with van der Waals surface area (Å²) in [6.07, 6.45) is 1.99. The topological polar surface area (TPSA) is 41.6 Å². The molecule has 0 heterocycles. The minimum absolute atomic E-state index is 0.193. The lowest BCUT2D eigenvalue weighted by Gasteiger charge is -2.18. The normalized spacial score (nSPS) is 15.0. The number of fused-ring (bicyclic) bond motifs is 2. The van der Waals surface area contributed by atoms with Crippen molar-refractivity contribution in [1.82, 2.24) is 10.2 Å². The highest BCUT2D eigenvalue weighted by Crippen LogP contribution is 2.34. The molecule has 1 N–H and O–H groups in total. The molecule has 1 atom stereocenters. The van der Waals surface area contributed by atoms with Gasteiger partial charge in [0.2, 0.25) is 0 Å². The lowest BCUT2D eigenvalue weighted by Crippen LogP contribution is -2.25. The third-order valence-corrected chi connectivity index (χ3v) is 4.46. The van der Waals surface area contributed by atoms with Gasteiger partial charge in [-0.3, -0.25) is 0 Å². The van der Waals surface area contributed by atoms with E-state index in [2.05, 4.69) is 22.2 Å². The van der Waals surface area contributed by atoms with Gasteiger partial charge >= 0.3 is 6.09 Å². The number of methoxy groups -OCH3 is 1. The first kappa shape index (κ1) is 20.9. The molecule has 1 amide bonds. The Balaban J connectivity index is 0.000000596. The molecule has 0 spiro atoms. The van der Waals surface area contributed by atoms with E-state index in [0.717, 1.165) is 24.8 Å². The number of hydrogen-bond acceptors (Lipinski definition) is 3. The van der Waals surface area contributed by atoms with Crippen molar-refractivity contribution < 1.29 is 13.9 Å². The van der Waals surface area contributed by atoms with E-state index < -0.39 is 6.09 Å². The van der Waals surface area contributed by atoms with Crippen molar-refractivity contribution in [3.05, 3.63) is 70.5 Å². The lowest BCUT2D eigenvalue weighted by molar-refractivity contribution is 0.170. The van der Waals surface area contributed by atoms with Gasteiger partial charge in [0.1, 0.15) is 5.82 Å². The molecule has 4 nitrogen and oxygen atoms in total. The maximum Gasteiger partial charge on any atom is 0.406 e. The van der Waals surface area contributed by atoms with E-state index >= 15 is 0 Å². The SMILES string of the molecule is CN(C)C.COC(=O)NCCC1Cc2cc(F)ccc2Cc2ccccc21. The monoisotopic (exact) mass is 372 g/mol. The number of benzene rings is 2.